The molecule has 0 aromatic heterocycles. The van der Waals surface area contributed by atoms with Crippen LogP contribution in [-0.4, -0.2) is 52.3 Å². The molecule has 0 fully saturated rings. The van der Waals surface area contributed by atoms with E-state index in [1.165, 1.54) is 0 Å². The van der Waals surface area contributed by atoms with Crippen LogP contribution in [0.1, 0.15) is 59.9 Å². The Hall–Kier alpha value is -0.773. The van der Waals surface area contributed by atoms with Gasteiger partial charge in [-0.05, 0) is 48.5 Å². The molecule has 0 aliphatic rings. The van der Waals surface area contributed by atoms with Gasteiger partial charge in [0.25, 0.3) is 0 Å². The van der Waals surface area contributed by atoms with Gasteiger partial charge in [0, 0.05) is 19.3 Å². The largest absolute Gasteiger partial charge is 0.411 e. The van der Waals surface area contributed by atoms with E-state index >= 15 is 0 Å². The summed E-state index contributed by atoms with van der Waals surface area (Å²) in [7, 11) is -6.09. The predicted octanol–water partition coefficient (Wildman–Crippen LogP) is 3.97. The summed E-state index contributed by atoms with van der Waals surface area (Å²) >= 11 is 0. The minimum Gasteiger partial charge on any atom is -0.411 e. The zero-order valence-corrected chi connectivity index (χ0v) is 21.4. The standard InChI is InChI=1S/C22H41NO5SSi/c1-16(2)30(17(3)4,18(5)6)28-22(13-15-25)21(12-14-24)23-29(26,27)20-10-8-19(7)9-11-20/h8-11,16-18,21-25H,12-15H2,1-7H3/t21-,22+/m1/s1. The molecule has 0 bridgehead atoms. The van der Waals surface area contributed by atoms with Crippen LogP contribution >= 0.6 is 0 Å². The van der Waals surface area contributed by atoms with E-state index in [2.05, 4.69) is 46.3 Å². The molecule has 2 atom stereocenters. The topological polar surface area (TPSA) is 95.9 Å². The number of nitrogens with one attached hydrogen (secondary N) is 1. The first-order valence-electron chi connectivity index (χ1n) is 10.9. The fraction of sp³-hybridized carbons (Fsp3) is 0.727. The number of aryl methyl sites for hydroxylation is 1. The van der Waals surface area contributed by atoms with Crippen LogP contribution in [0.2, 0.25) is 16.6 Å². The average molecular weight is 460 g/mol. The molecule has 30 heavy (non-hydrogen) atoms. The quantitative estimate of drug-likeness (QED) is 0.388. The summed E-state index contributed by atoms with van der Waals surface area (Å²) in [6, 6.07) is 6.03. The summed E-state index contributed by atoms with van der Waals surface area (Å²) in [5, 5.41) is 19.3. The van der Waals surface area contributed by atoms with E-state index in [-0.39, 0.29) is 24.5 Å². The molecule has 0 radical (unpaired) electrons. The van der Waals surface area contributed by atoms with Crippen molar-refractivity contribution < 1.29 is 23.1 Å². The van der Waals surface area contributed by atoms with Gasteiger partial charge in [-0.15, -0.1) is 0 Å². The van der Waals surface area contributed by atoms with Crippen molar-refractivity contribution in [2.24, 2.45) is 0 Å². The van der Waals surface area contributed by atoms with Gasteiger partial charge >= 0.3 is 0 Å². The zero-order valence-electron chi connectivity index (χ0n) is 19.6. The maximum absolute atomic E-state index is 13.0. The lowest BCUT2D eigenvalue weighted by molar-refractivity contribution is 0.0954. The highest BCUT2D eigenvalue weighted by atomic mass is 32.2. The van der Waals surface area contributed by atoms with Gasteiger partial charge in [0.1, 0.15) is 0 Å². The van der Waals surface area contributed by atoms with E-state index in [1.807, 2.05) is 6.92 Å². The van der Waals surface area contributed by atoms with Crippen molar-refractivity contribution >= 4 is 18.3 Å². The third kappa shape index (κ3) is 6.61. The van der Waals surface area contributed by atoms with E-state index in [0.717, 1.165) is 5.56 Å². The van der Waals surface area contributed by atoms with E-state index < -0.39 is 30.5 Å². The summed E-state index contributed by atoms with van der Waals surface area (Å²) in [6.45, 7) is 14.6. The SMILES string of the molecule is Cc1ccc(S(=O)(=O)N[C@H](CCO)[C@H](CCO)O[Si](C(C)C)(C(C)C)C(C)C)cc1. The van der Waals surface area contributed by atoms with Crippen molar-refractivity contribution in [2.45, 2.75) is 95.0 Å². The molecule has 8 heteroatoms. The summed E-state index contributed by atoms with van der Waals surface area (Å²) in [5.41, 5.74) is 1.94. The molecular formula is C22H41NO5SSi. The molecule has 174 valence electrons. The van der Waals surface area contributed by atoms with E-state index in [0.29, 0.717) is 23.0 Å². The summed E-state index contributed by atoms with van der Waals surface area (Å²) in [4.78, 5) is 0.180. The van der Waals surface area contributed by atoms with Crippen molar-refractivity contribution in [1.29, 1.82) is 0 Å². The zero-order chi connectivity index (χ0) is 23.1. The lowest BCUT2D eigenvalue weighted by Gasteiger charge is -2.46. The third-order valence-corrected chi connectivity index (χ3v) is 13.6. The molecule has 0 saturated carbocycles. The van der Waals surface area contributed by atoms with Crippen LogP contribution in [0.3, 0.4) is 0 Å². The van der Waals surface area contributed by atoms with Gasteiger partial charge in [0.15, 0.2) is 0 Å². The van der Waals surface area contributed by atoms with Gasteiger partial charge in [0.05, 0.1) is 11.0 Å². The number of aliphatic hydroxyl groups excluding tert-OH is 2. The first-order chi connectivity index (χ1) is 13.9. The van der Waals surface area contributed by atoms with Gasteiger partial charge < -0.3 is 14.6 Å². The number of benzene rings is 1. The Morgan fingerprint density at radius 3 is 1.77 bits per heavy atom. The molecule has 0 amide bonds. The van der Waals surface area contributed by atoms with Crippen molar-refractivity contribution in [2.75, 3.05) is 13.2 Å². The van der Waals surface area contributed by atoms with Crippen LogP contribution in [0.4, 0.5) is 0 Å². The number of hydrogen-bond acceptors (Lipinski definition) is 5. The van der Waals surface area contributed by atoms with Crippen LogP contribution in [0, 0.1) is 6.92 Å². The molecule has 0 saturated heterocycles. The first-order valence-corrected chi connectivity index (χ1v) is 14.5. The minimum absolute atomic E-state index is 0.113. The molecule has 0 spiro atoms. The van der Waals surface area contributed by atoms with Gasteiger partial charge in [-0.3, -0.25) is 0 Å². The third-order valence-electron chi connectivity index (χ3n) is 6.00. The van der Waals surface area contributed by atoms with E-state index in [1.54, 1.807) is 24.3 Å². The van der Waals surface area contributed by atoms with Crippen molar-refractivity contribution in [3.63, 3.8) is 0 Å². The van der Waals surface area contributed by atoms with Crippen LogP contribution < -0.4 is 4.72 Å². The Labute approximate surface area is 184 Å². The molecule has 3 N–H and O–H groups in total. The monoisotopic (exact) mass is 459 g/mol. The lowest BCUT2D eigenvalue weighted by atomic mass is 10.1. The summed E-state index contributed by atoms with van der Waals surface area (Å²) in [5.74, 6) is 0. The van der Waals surface area contributed by atoms with Crippen molar-refractivity contribution in [3.8, 4) is 0 Å². The second-order valence-corrected chi connectivity index (χ2v) is 16.2. The van der Waals surface area contributed by atoms with Gasteiger partial charge in [-0.25, -0.2) is 13.1 Å². The van der Waals surface area contributed by atoms with E-state index in [4.69, 9.17) is 4.43 Å². The molecule has 0 unspecified atom stereocenters. The Morgan fingerprint density at radius 1 is 0.900 bits per heavy atom. The second-order valence-electron chi connectivity index (χ2n) is 9.04. The molecule has 1 rings (SSSR count). The highest BCUT2D eigenvalue weighted by Gasteiger charge is 2.47. The van der Waals surface area contributed by atoms with Crippen LogP contribution in [0.15, 0.2) is 29.2 Å². The molecule has 0 aliphatic heterocycles. The second kappa shape index (κ2) is 11.7. The normalized spacial score (nSPS) is 15.2. The highest BCUT2D eigenvalue weighted by Crippen LogP contribution is 2.43. The average Bonchev–Trinajstić information content (AvgIpc) is 2.64. The van der Waals surface area contributed by atoms with Crippen molar-refractivity contribution in [1.82, 2.24) is 4.72 Å². The number of rotatable bonds is 13. The Balaban J connectivity index is 3.30. The number of sulfonamides is 1. The maximum Gasteiger partial charge on any atom is 0.240 e. The van der Waals surface area contributed by atoms with Gasteiger partial charge in [0.2, 0.25) is 18.3 Å². The Morgan fingerprint density at radius 2 is 1.37 bits per heavy atom. The molecule has 0 heterocycles. The van der Waals surface area contributed by atoms with Crippen LogP contribution in [-0.2, 0) is 14.4 Å². The molecule has 1 aromatic carbocycles. The van der Waals surface area contributed by atoms with Crippen LogP contribution in [0.5, 0.6) is 0 Å². The fourth-order valence-corrected chi connectivity index (χ4v) is 11.5. The van der Waals surface area contributed by atoms with E-state index in [9.17, 15) is 18.6 Å². The fourth-order valence-electron chi connectivity index (χ4n) is 4.58. The maximum atomic E-state index is 13.0. The van der Waals surface area contributed by atoms with Crippen molar-refractivity contribution in [3.05, 3.63) is 29.8 Å². The molecule has 0 aliphatic carbocycles. The summed E-state index contributed by atoms with van der Waals surface area (Å²) < 4.78 is 35.6. The Kier molecular flexibility index (Phi) is 10.7. The molecule has 6 nitrogen and oxygen atoms in total. The number of hydrogen-bond donors (Lipinski definition) is 3. The number of aliphatic hydroxyl groups is 2. The van der Waals surface area contributed by atoms with Crippen LogP contribution in [0.25, 0.3) is 0 Å². The highest BCUT2D eigenvalue weighted by molar-refractivity contribution is 7.89. The smallest absolute Gasteiger partial charge is 0.240 e. The van der Waals surface area contributed by atoms with Gasteiger partial charge in [-0.1, -0.05) is 59.2 Å². The van der Waals surface area contributed by atoms with Gasteiger partial charge in [-0.2, -0.15) is 0 Å². The summed E-state index contributed by atoms with van der Waals surface area (Å²) in [6.07, 6.45) is 0.0116. The Bertz CT molecular complexity index is 713. The molecular weight excluding hydrogens is 418 g/mol. The predicted molar refractivity (Wildman–Crippen MR) is 125 cm³/mol. The first kappa shape index (κ1) is 27.3. The molecule has 1 aromatic rings. The lowest BCUT2D eigenvalue weighted by Crippen LogP contribution is -2.55. The minimum atomic E-state index is -3.79.